The van der Waals surface area contributed by atoms with Gasteiger partial charge in [-0.3, -0.25) is 14.4 Å². The lowest BCUT2D eigenvalue weighted by Gasteiger charge is -2.23. The molecule has 1 saturated heterocycles. The Kier molecular flexibility index (Phi) is 6.87. The van der Waals surface area contributed by atoms with E-state index in [-0.39, 0.29) is 11.8 Å². The molecule has 1 aromatic carbocycles. The van der Waals surface area contributed by atoms with Crippen molar-refractivity contribution >= 4 is 35.2 Å². The largest absolute Gasteiger partial charge is 0.481 e. The zero-order chi connectivity index (χ0) is 18.4. The van der Waals surface area contributed by atoms with E-state index in [1.807, 2.05) is 19.1 Å². The Morgan fingerprint density at radius 1 is 1.32 bits per heavy atom. The first-order valence-corrected chi connectivity index (χ1v) is 9.57. The average Bonchev–Trinajstić information content (AvgIpc) is 3.06. The molecule has 2 rings (SSSR count). The van der Waals surface area contributed by atoms with Crippen LogP contribution in [0.5, 0.6) is 0 Å². The van der Waals surface area contributed by atoms with Gasteiger partial charge in [0.05, 0.1) is 11.8 Å². The van der Waals surface area contributed by atoms with Crippen LogP contribution in [-0.2, 0) is 20.8 Å². The van der Waals surface area contributed by atoms with E-state index in [2.05, 4.69) is 5.32 Å². The number of hydrogen-bond donors (Lipinski definition) is 2. The Bertz CT molecular complexity index is 632. The molecular formula is C18H24N2O4S. The third-order valence-electron chi connectivity index (χ3n) is 4.15. The molecule has 0 aromatic heterocycles. The number of thioether (sulfide) groups is 1. The van der Waals surface area contributed by atoms with Gasteiger partial charge in [0.2, 0.25) is 11.8 Å². The smallest absolute Gasteiger partial charge is 0.306 e. The van der Waals surface area contributed by atoms with Crippen molar-refractivity contribution in [3.63, 3.8) is 0 Å². The zero-order valence-corrected chi connectivity index (χ0v) is 15.3. The van der Waals surface area contributed by atoms with Crippen LogP contribution in [0.2, 0.25) is 0 Å². The number of benzene rings is 1. The van der Waals surface area contributed by atoms with Crippen LogP contribution in [0.1, 0.15) is 32.3 Å². The molecule has 1 heterocycles. The molecule has 2 N–H and O–H groups in total. The standard InChI is InChI=1S/C18H24N2O4S/c1-3-4-16(21)20-11-25-10-15(20)17(22)19-14-7-5-13(6-8-14)9-12(2)18(23)24/h5-8,12,15H,3-4,9-11H2,1-2H3,(H,19,22)(H,23,24). The van der Waals surface area contributed by atoms with Crippen LogP contribution in [0.15, 0.2) is 24.3 Å². The molecule has 136 valence electrons. The van der Waals surface area contributed by atoms with E-state index in [1.165, 1.54) is 0 Å². The van der Waals surface area contributed by atoms with Crippen molar-refractivity contribution in [2.45, 2.75) is 39.2 Å². The van der Waals surface area contributed by atoms with Gasteiger partial charge in [0.25, 0.3) is 0 Å². The van der Waals surface area contributed by atoms with Gasteiger partial charge in [0.15, 0.2) is 0 Å². The number of carbonyl (C=O) groups is 3. The molecule has 6 nitrogen and oxygen atoms in total. The Morgan fingerprint density at radius 2 is 2.00 bits per heavy atom. The molecule has 0 bridgehead atoms. The van der Waals surface area contributed by atoms with Crippen molar-refractivity contribution in [1.82, 2.24) is 4.90 Å². The molecule has 0 saturated carbocycles. The van der Waals surface area contributed by atoms with Gasteiger partial charge in [-0.25, -0.2) is 0 Å². The van der Waals surface area contributed by atoms with E-state index >= 15 is 0 Å². The molecule has 0 radical (unpaired) electrons. The highest BCUT2D eigenvalue weighted by molar-refractivity contribution is 7.99. The zero-order valence-electron chi connectivity index (χ0n) is 14.5. The Morgan fingerprint density at radius 3 is 2.60 bits per heavy atom. The number of carboxylic acids is 1. The van der Waals surface area contributed by atoms with E-state index in [1.54, 1.807) is 35.7 Å². The fourth-order valence-electron chi connectivity index (χ4n) is 2.65. The summed E-state index contributed by atoms with van der Waals surface area (Å²) >= 11 is 1.58. The van der Waals surface area contributed by atoms with E-state index in [0.717, 1.165) is 12.0 Å². The first-order valence-electron chi connectivity index (χ1n) is 8.42. The van der Waals surface area contributed by atoms with Gasteiger partial charge >= 0.3 is 5.97 Å². The van der Waals surface area contributed by atoms with Crippen molar-refractivity contribution in [1.29, 1.82) is 0 Å². The summed E-state index contributed by atoms with van der Waals surface area (Å²) in [5, 5.41) is 11.8. The summed E-state index contributed by atoms with van der Waals surface area (Å²) in [6, 6.07) is 6.73. The topological polar surface area (TPSA) is 86.7 Å². The molecule has 0 spiro atoms. The highest BCUT2D eigenvalue weighted by Crippen LogP contribution is 2.23. The number of hydrogen-bond acceptors (Lipinski definition) is 4. The molecule has 2 amide bonds. The van der Waals surface area contributed by atoms with Gasteiger partial charge in [0.1, 0.15) is 6.04 Å². The highest BCUT2D eigenvalue weighted by Gasteiger charge is 2.34. The maximum absolute atomic E-state index is 12.5. The fourth-order valence-corrected chi connectivity index (χ4v) is 3.83. The molecular weight excluding hydrogens is 340 g/mol. The number of aliphatic carboxylic acids is 1. The minimum atomic E-state index is -0.826. The molecule has 0 aliphatic carbocycles. The lowest BCUT2D eigenvalue weighted by atomic mass is 10.0. The highest BCUT2D eigenvalue weighted by atomic mass is 32.2. The fraction of sp³-hybridized carbons (Fsp3) is 0.500. The minimum absolute atomic E-state index is 0.0191. The van der Waals surface area contributed by atoms with Crippen LogP contribution in [0.4, 0.5) is 5.69 Å². The third-order valence-corrected chi connectivity index (χ3v) is 5.17. The summed E-state index contributed by atoms with van der Waals surface area (Å²) in [7, 11) is 0. The number of nitrogens with zero attached hydrogens (tertiary/aromatic N) is 1. The van der Waals surface area contributed by atoms with Crippen LogP contribution < -0.4 is 5.32 Å². The molecule has 1 aromatic rings. The summed E-state index contributed by atoms with van der Waals surface area (Å²) in [6.07, 6.45) is 1.67. The number of anilines is 1. The number of carbonyl (C=O) groups excluding carboxylic acids is 2. The van der Waals surface area contributed by atoms with Crippen molar-refractivity contribution in [3.05, 3.63) is 29.8 Å². The number of carboxylic acid groups (broad SMARTS) is 1. The van der Waals surface area contributed by atoms with Crippen molar-refractivity contribution in [3.8, 4) is 0 Å². The molecule has 7 heteroatoms. The summed E-state index contributed by atoms with van der Waals surface area (Å²) in [5.41, 5.74) is 1.56. The quantitative estimate of drug-likeness (QED) is 0.777. The predicted molar refractivity (Wildman–Crippen MR) is 98.4 cm³/mol. The summed E-state index contributed by atoms with van der Waals surface area (Å²) in [4.78, 5) is 37.1. The SMILES string of the molecule is CCCC(=O)N1CSCC1C(=O)Nc1ccc(CC(C)C(=O)O)cc1. The van der Waals surface area contributed by atoms with Crippen LogP contribution in [0.3, 0.4) is 0 Å². The van der Waals surface area contributed by atoms with Crippen molar-refractivity contribution in [2.24, 2.45) is 5.92 Å². The summed E-state index contributed by atoms with van der Waals surface area (Å²) < 4.78 is 0. The minimum Gasteiger partial charge on any atom is -0.481 e. The lowest BCUT2D eigenvalue weighted by Crippen LogP contribution is -2.44. The first-order chi connectivity index (χ1) is 11.9. The van der Waals surface area contributed by atoms with E-state index < -0.39 is 17.9 Å². The Balaban J connectivity index is 1.96. The van der Waals surface area contributed by atoms with E-state index in [0.29, 0.717) is 30.2 Å². The van der Waals surface area contributed by atoms with Gasteiger partial charge in [-0.1, -0.05) is 26.0 Å². The lowest BCUT2D eigenvalue weighted by molar-refractivity contribution is -0.141. The van der Waals surface area contributed by atoms with Gasteiger partial charge in [-0.15, -0.1) is 11.8 Å². The Labute approximate surface area is 152 Å². The second kappa shape index (κ2) is 8.89. The maximum Gasteiger partial charge on any atom is 0.306 e. The molecule has 1 aliphatic rings. The van der Waals surface area contributed by atoms with Crippen LogP contribution in [-0.4, -0.2) is 45.5 Å². The maximum atomic E-state index is 12.5. The number of nitrogens with one attached hydrogen (secondary N) is 1. The monoisotopic (exact) mass is 364 g/mol. The first kappa shape index (κ1) is 19.3. The van der Waals surface area contributed by atoms with Crippen LogP contribution in [0.25, 0.3) is 0 Å². The number of amides is 2. The normalized spacial score (nSPS) is 18.0. The van der Waals surface area contributed by atoms with Gasteiger partial charge in [-0.05, 0) is 30.5 Å². The predicted octanol–water partition coefficient (Wildman–Crippen LogP) is 2.59. The van der Waals surface area contributed by atoms with Crippen molar-refractivity contribution < 1.29 is 19.5 Å². The van der Waals surface area contributed by atoms with E-state index in [9.17, 15) is 14.4 Å². The summed E-state index contributed by atoms with van der Waals surface area (Å²) in [5.74, 6) is -0.271. The average molecular weight is 364 g/mol. The Hall–Kier alpha value is -2.02. The van der Waals surface area contributed by atoms with E-state index in [4.69, 9.17) is 5.11 Å². The van der Waals surface area contributed by atoms with Crippen molar-refractivity contribution in [2.75, 3.05) is 16.9 Å². The van der Waals surface area contributed by atoms with Gasteiger partial charge in [0, 0.05) is 17.9 Å². The summed E-state index contributed by atoms with van der Waals surface area (Å²) in [6.45, 7) is 3.61. The number of rotatable bonds is 7. The van der Waals surface area contributed by atoms with Crippen LogP contribution in [0, 0.1) is 5.92 Å². The molecule has 2 unspecified atom stereocenters. The second-order valence-electron chi connectivity index (χ2n) is 6.26. The van der Waals surface area contributed by atoms with Gasteiger partial charge in [-0.2, -0.15) is 0 Å². The molecule has 1 fully saturated rings. The second-order valence-corrected chi connectivity index (χ2v) is 7.26. The van der Waals surface area contributed by atoms with Gasteiger partial charge < -0.3 is 15.3 Å². The molecule has 25 heavy (non-hydrogen) atoms. The molecule has 1 aliphatic heterocycles. The van der Waals surface area contributed by atoms with Crippen LogP contribution >= 0.6 is 11.8 Å². The molecule has 2 atom stereocenters. The third kappa shape index (κ3) is 5.22.